The van der Waals surface area contributed by atoms with Gasteiger partial charge < -0.3 is 9.29 Å². The molecule has 3 rings (SSSR count). The predicted octanol–water partition coefficient (Wildman–Crippen LogP) is 3.19. The topological polar surface area (TPSA) is 73.9 Å². The van der Waals surface area contributed by atoms with E-state index in [0.29, 0.717) is 27.6 Å². The third-order valence-electron chi connectivity index (χ3n) is 3.08. The van der Waals surface area contributed by atoms with Crippen LogP contribution >= 0.6 is 0 Å². The lowest BCUT2D eigenvalue weighted by molar-refractivity contribution is 0.242. The highest BCUT2D eigenvalue weighted by atomic mass is 32.2. The quantitative estimate of drug-likeness (QED) is 0.728. The normalized spacial score (nSPS) is 12.7. The van der Waals surface area contributed by atoms with Crippen LogP contribution in [0, 0.1) is 5.82 Å². The molecule has 0 saturated carbocycles. The zero-order valence-corrected chi connectivity index (χ0v) is 13.6. The molecule has 5 nitrogen and oxygen atoms in total. The third kappa shape index (κ3) is 3.80. The van der Waals surface area contributed by atoms with Crippen LogP contribution < -0.4 is 4.74 Å². The Kier molecular flexibility index (Phi) is 4.49. The molecular weight excluding hydrogens is 317 g/mol. The minimum Gasteiger partial charge on any atom is -0.609 e. The number of hydrogen-bond donors (Lipinski definition) is 1. The average molecular weight is 333 g/mol. The summed E-state index contributed by atoms with van der Waals surface area (Å²) in [4.78, 5) is 11.3. The smallest absolute Gasteiger partial charge is 0.322 e. The fourth-order valence-electron chi connectivity index (χ4n) is 2.15. The van der Waals surface area contributed by atoms with E-state index in [1.165, 1.54) is 12.1 Å². The van der Waals surface area contributed by atoms with Gasteiger partial charge in [-0.15, -0.1) is 0 Å². The summed E-state index contributed by atoms with van der Waals surface area (Å²) in [6.07, 6.45) is 1.68. The number of aromatic amines is 1. The van der Waals surface area contributed by atoms with Crippen molar-refractivity contribution in [1.29, 1.82) is 0 Å². The molecule has 0 spiro atoms. The van der Waals surface area contributed by atoms with Crippen molar-refractivity contribution in [3.8, 4) is 5.75 Å². The molecule has 0 bridgehead atoms. The van der Waals surface area contributed by atoms with Gasteiger partial charge in [0.2, 0.25) is 0 Å². The largest absolute Gasteiger partial charge is 0.609 e. The van der Waals surface area contributed by atoms with Gasteiger partial charge in [0.25, 0.3) is 0 Å². The van der Waals surface area contributed by atoms with E-state index in [0.717, 1.165) is 0 Å². The van der Waals surface area contributed by atoms with E-state index < -0.39 is 11.2 Å². The maximum atomic E-state index is 13.2. The molecule has 0 aliphatic rings. The van der Waals surface area contributed by atoms with Gasteiger partial charge in [-0.2, -0.15) is 4.98 Å². The van der Waals surface area contributed by atoms with E-state index >= 15 is 0 Å². The Morgan fingerprint density at radius 3 is 2.91 bits per heavy atom. The second-order valence-electron chi connectivity index (χ2n) is 5.34. The molecule has 7 heteroatoms. The van der Waals surface area contributed by atoms with Crippen molar-refractivity contribution in [3.63, 3.8) is 0 Å². The summed E-state index contributed by atoms with van der Waals surface area (Å²) in [5.41, 5.74) is 1.76. The standard InChI is InChI=1S/C16H16FN3O2S/c1-10(2)22-13-5-6-18-12(8-13)9-23(21)16-19-14-4-3-11(17)7-15(14)20-16/h3-8,10H,9H2,1-2H3,(H,19,20). The molecule has 120 valence electrons. The minimum absolute atomic E-state index is 0.0565. The number of halogens is 1. The van der Waals surface area contributed by atoms with Crippen LogP contribution in [0.1, 0.15) is 19.5 Å². The summed E-state index contributed by atoms with van der Waals surface area (Å²) in [5.74, 6) is 0.521. The fraction of sp³-hybridized carbons (Fsp3) is 0.250. The Morgan fingerprint density at radius 2 is 2.13 bits per heavy atom. The van der Waals surface area contributed by atoms with Gasteiger partial charge in [-0.3, -0.25) is 9.97 Å². The number of fused-ring (bicyclic) bond motifs is 1. The number of aromatic nitrogens is 3. The van der Waals surface area contributed by atoms with Crippen LogP contribution in [0.15, 0.2) is 41.7 Å². The van der Waals surface area contributed by atoms with E-state index in [9.17, 15) is 8.94 Å². The number of nitrogens with one attached hydrogen (secondary N) is 1. The number of imidazole rings is 1. The van der Waals surface area contributed by atoms with Crippen LogP contribution in [-0.4, -0.2) is 25.6 Å². The van der Waals surface area contributed by atoms with Gasteiger partial charge in [-0.25, -0.2) is 4.39 Å². The number of pyridine rings is 1. The lowest BCUT2D eigenvalue weighted by atomic mass is 10.3. The molecule has 0 aliphatic heterocycles. The highest BCUT2D eigenvalue weighted by Gasteiger charge is 2.18. The van der Waals surface area contributed by atoms with Crippen molar-refractivity contribution in [2.45, 2.75) is 30.9 Å². The summed E-state index contributed by atoms with van der Waals surface area (Å²) >= 11 is -1.40. The Balaban J connectivity index is 1.78. The summed E-state index contributed by atoms with van der Waals surface area (Å²) in [5, 5.41) is 0.308. The number of H-pyrrole nitrogens is 1. The Morgan fingerprint density at radius 1 is 1.30 bits per heavy atom. The second kappa shape index (κ2) is 6.55. The fourth-order valence-corrected chi connectivity index (χ4v) is 3.13. The lowest BCUT2D eigenvalue weighted by Crippen LogP contribution is -2.09. The first-order chi connectivity index (χ1) is 11.0. The molecule has 1 aromatic carbocycles. The van der Waals surface area contributed by atoms with E-state index in [2.05, 4.69) is 15.0 Å². The zero-order valence-electron chi connectivity index (χ0n) is 12.7. The molecule has 3 aromatic rings. The molecule has 23 heavy (non-hydrogen) atoms. The van der Waals surface area contributed by atoms with Crippen molar-refractivity contribution >= 4 is 22.2 Å². The predicted molar refractivity (Wildman–Crippen MR) is 86.2 cm³/mol. The lowest BCUT2D eigenvalue weighted by Gasteiger charge is -2.11. The van der Waals surface area contributed by atoms with Gasteiger partial charge in [0.1, 0.15) is 11.6 Å². The zero-order chi connectivity index (χ0) is 16.4. The van der Waals surface area contributed by atoms with Crippen LogP contribution in [0.4, 0.5) is 4.39 Å². The van der Waals surface area contributed by atoms with Gasteiger partial charge in [0.05, 0.1) is 22.8 Å². The number of nitrogens with zero attached hydrogens (tertiary/aromatic N) is 2. The molecule has 0 fully saturated rings. The summed E-state index contributed by atoms with van der Waals surface area (Å²) in [6, 6.07) is 7.74. The van der Waals surface area contributed by atoms with Crippen LogP contribution in [0.25, 0.3) is 11.0 Å². The molecule has 0 saturated heterocycles. The molecule has 0 radical (unpaired) electrons. The summed E-state index contributed by atoms with van der Waals surface area (Å²) < 4.78 is 31.2. The summed E-state index contributed by atoms with van der Waals surface area (Å²) in [6.45, 7) is 3.87. The number of benzene rings is 1. The minimum atomic E-state index is -1.40. The second-order valence-corrected chi connectivity index (χ2v) is 6.71. The van der Waals surface area contributed by atoms with Crippen LogP contribution in [-0.2, 0) is 16.9 Å². The first-order valence-electron chi connectivity index (χ1n) is 7.16. The molecular formula is C16H16FN3O2S. The average Bonchev–Trinajstić information content (AvgIpc) is 2.90. The molecule has 1 atom stereocenters. The van der Waals surface area contributed by atoms with Gasteiger partial charge in [-0.05, 0) is 32.0 Å². The molecule has 2 heterocycles. The number of rotatable bonds is 5. The maximum absolute atomic E-state index is 13.2. The van der Waals surface area contributed by atoms with Crippen molar-refractivity contribution in [1.82, 2.24) is 15.0 Å². The van der Waals surface area contributed by atoms with Crippen LogP contribution in [0.5, 0.6) is 5.75 Å². The van der Waals surface area contributed by atoms with Crippen LogP contribution in [0.3, 0.4) is 0 Å². The Bertz CT molecular complexity index is 822. The van der Waals surface area contributed by atoms with Gasteiger partial charge in [0, 0.05) is 29.5 Å². The molecule has 2 aromatic heterocycles. The monoisotopic (exact) mass is 333 g/mol. The van der Waals surface area contributed by atoms with Crippen molar-refractivity contribution < 1.29 is 13.7 Å². The van der Waals surface area contributed by atoms with Gasteiger partial charge in [-0.1, -0.05) is 0 Å². The first-order valence-corrected chi connectivity index (χ1v) is 8.48. The number of ether oxygens (including phenoxy) is 1. The highest BCUT2D eigenvalue weighted by Crippen LogP contribution is 2.20. The first kappa shape index (κ1) is 15.8. The van der Waals surface area contributed by atoms with E-state index in [1.807, 2.05) is 13.8 Å². The Labute approximate surface area is 136 Å². The van der Waals surface area contributed by atoms with Crippen molar-refractivity contribution in [2.24, 2.45) is 0 Å². The molecule has 0 amide bonds. The SMILES string of the molecule is CC(C)Oc1ccnc(C[S+]([O-])c2nc3cc(F)ccc3[nH]2)c1. The third-order valence-corrected chi connectivity index (χ3v) is 4.26. The van der Waals surface area contributed by atoms with E-state index in [4.69, 9.17) is 4.74 Å². The molecule has 0 aliphatic carbocycles. The molecule has 1 N–H and O–H groups in total. The Hall–Kier alpha value is -2.12. The maximum Gasteiger partial charge on any atom is 0.322 e. The van der Waals surface area contributed by atoms with Gasteiger partial charge in [0.15, 0.2) is 5.75 Å². The highest BCUT2D eigenvalue weighted by molar-refractivity contribution is 7.90. The van der Waals surface area contributed by atoms with Crippen molar-refractivity contribution in [2.75, 3.05) is 0 Å². The van der Waals surface area contributed by atoms with Crippen LogP contribution in [0.2, 0.25) is 0 Å². The summed E-state index contributed by atoms with van der Waals surface area (Å²) in [7, 11) is 0. The number of hydrogen-bond acceptors (Lipinski definition) is 4. The van der Waals surface area contributed by atoms with Crippen molar-refractivity contribution in [3.05, 3.63) is 48.0 Å². The van der Waals surface area contributed by atoms with E-state index in [-0.39, 0.29) is 17.7 Å². The van der Waals surface area contributed by atoms with E-state index in [1.54, 1.807) is 24.4 Å². The van der Waals surface area contributed by atoms with Gasteiger partial charge >= 0.3 is 5.16 Å². The molecule has 1 unspecified atom stereocenters.